The van der Waals surface area contributed by atoms with Crippen molar-refractivity contribution >= 4 is 17.9 Å². The first-order chi connectivity index (χ1) is 7.81. The van der Waals surface area contributed by atoms with Gasteiger partial charge in [-0.25, -0.2) is 8.42 Å². The van der Waals surface area contributed by atoms with Crippen molar-refractivity contribution in [1.82, 2.24) is 0 Å². The van der Waals surface area contributed by atoms with Crippen LogP contribution in [-0.2, 0) is 9.84 Å². The third kappa shape index (κ3) is 5.32. The summed E-state index contributed by atoms with van der Waals surface area (Å²) in [7, 11) is -4.26. The lowest BCUT2D eigenvalue weighted by Gasteiger charge is -2.11. The van der Waals surface area contributed by atoms with Crippen LogP contribution in [0.15, 0.2) is 47.4 Å². The molecule has 94 valence electrons. The van der Waals surface area contributed by atoms with Crippen LogP contribution in [-0.4, -0.2) is 22.2 Å². The second-order valence-corrected chi connectivity index (χ2v) is 12.9. The molecule has 0 radical (unpaired) electrons. The largest absolute Gasteiger partial charge is 0.223 e. The van der Waals surface area contributed by atoms with Gasteiger partial charge in [0, 0.05) is 8.07 Å². The second-order valence-electron chi connectivity index (χ2n) is 5.33. The molecule has 0 aliphatic rings. The molecule has 0 atom stereocenters. The molecule has 0 aliphatic carbocycles. The molecule has 1 aromatic rings. The molecule has 0 bridgehead atoms. The van der Waals surface area contributed by atoms with Crippen molar-refractivity contribution in [3.8, 4) is 0 Å². The molecule has 0 aromatic heterocycles. The molecule has 0 aliphatic heterocycles. The minimum absolute atomic E-state index is 0.0987. The number of hydrogen-bond donors (Lipinski definition) is 0. The van der Waals surface area contributed by atoms with Crippen LogP contribution in [0.5, 0.6) is 0 Å². The Labute approximate surface area is 105 Å². The lowest BCUT2D eigenvalue weighted by Crippen LogP contribution is -2.17. The zero-order chi connectivity index (χ0) is 12.9. The molecule has 0 amide bonds. The first-order valence-corrected chi connectivity index (χ1v) is 11.1. The average molecular weight is 268 g/mol. The fourth-order valence-corrected chi connectivity index (χ4v) is 3.38. The van der Waals surface area contributed by atoms with Gasteiger partial charge in [-0.15, -0.1) is 0 Å². The summed E-state index contributed by atoms with van der Waals surface area (Å²) in [4.78, 5) is 0.401. The summed E-state index contributed by atoms with van der Waals surface area (Å²) in [5.74, 6) is 0.0987. The highest BCUT2D eigenvalue weighted by Crippen LogP contribution is 2.12. The quantitative estimate of drug-likeness (QED) is 0.606. The molecule has 0 heterocycles. The van der Waals surface area contributed by atoms with Gasteiger partial charge in [0.05, 0.1) is 10.6 Å². The maximum absolute atomic E-state index is 11.9. The van der Waals surface area contributed by atoms with E-state index >= 15 is 0 Å². The van der Waals surface area contributed by atoms with Crippen molar-refractivity contribution in [2.75, 3.05) is 5.75 Å². The molecule has 2 nitrogen and oxygen atoms in total. The maximum atomic E-state index is 11.9. The summed E-state index contributed by atoms with van der Waals surface area (Å²) in [5.41, 5.74) is 0. The van der Waals surface area contributed by atoms with E-state index in [-0.39, 0.29) is 5.75 Å². The summed E-state index contributed by atoms with van der Waals surface area (Å²) in [6.07, 6.45) is 3.79. The van der Waals surface area contributed by atoms with Gasteiger partial charge in [-0.3, -0.25) is 0 Å². The van der Waals surface area contributed by atoms with Crippen LogP contribution in [0.1, 0.15) is 0 Å². The van der Waals surface area contributed by atoms with Crippen LogP contribution in [0, 0.1) is 0 Å². The van der Waals surface area contributed by atoms with Gasteiger partial charge < -0.3 is 0 Å². The zero-order valence-electron chi connectivity index (χ0n) is 10.7. The van der Waals surface area contributed by atoms with E-state index in [4.69, 9.17) is 0 Å². The van der Waals surface area contributed by atoms with Crippen molar-refractivity contribution in [1.29, 1.82) is 0 Å². The molecule has 4 heteroatoms. The van der Waals surface area contributed by atoms with E-state index in [0.717, 1.165) is 6.04 Å². The van der Waals surface area contributed by atoms with Crippen molar-refractivity contribution in [2.45, 2.75) is 30.6 Å². The summed E-state index contributed by atoms with van der Waals surface area (Å²) < 4.78 is 23.8. The van der Waals surface area contributed by atoms with Crippen LogP contribution in [0.2, 0.25) is 25.7 Å². The van der Waals surface area contributed by atoms with Crippen LogP contribution in [0.3, 0.4) is 0 Å². The summed E-state index contributed by atoms with van der Waals surface area (Å²) in [6.45, 7) is 6.80. The summed E-state index contributed by atoms with van der Waals surface area (Å²) in [5, 5.41) is 0. The molecular weight excluding hydrogens is 248 g/mol. The van der Waals surface area contributed by atoms with E-state index in [1.165, 1.54) is 0 Å². The topological polar surface area (TPSA) is 34.1 Å². The lowest BCUT2D eigenvalue weighted by atomic mass is 10.4. The molecular formula is C13H20O2SSi. The Bertz CT molecular complexity index is 470. The van der Waals surface area contributed by atoms with Crippen LogP contribution in [0.25, 0.3) is 0 Å². The Morgan fingerprint density at radius 3 is 2.18 bits per heavy atom. The van der Waals surface area contributed by atoms with Gasteiger partial charge in [0.1, 0.15) is 0 Å². The number of sulfone groups is 1. The van der Waals surface area contributed by atoms with Crippen molar-refractivity contribution in [3.05, 3.63) is 42.5 Å². The molecule has 0 fully saturated rings. The second kappa shape index (κ2) is 5.64. The molecule has 0 N–H and O–H groups in total. The predicted molar refractivity (Wildman–Crippen MR) is 75.8 cm³/mol. The molecule has 0 unspecified atom stereocenters. The van der Waals surface area contributed by atoms with Crippen molar-refractivity contribution in [2.24, 2.45) is 0 Å². The molecule has 0 saturated carbocycles. The van der Waals surface area contributed by atoms with E-state index in [9.17, 15) is 8.42 Å². The Morgan fingerprint density at radius 2 is 1.65 bits per heavy atom. The van der Waals surface area contributed by atoms with Crippen molar-refractivity contribution < 1.29 is 8.42 Å². The average Bonchev–Trinajstić information content (AvgIpc) is 2.25. The van der Waals surface area contributed by atoms with Crippen LogP contribution >= 0.6 is 0 Å². The van der Waals surface area contributed by atoms with Gasteiger partial charge in [0.25, 0.3) is 0 Å². The molecule has 1 aromatic carbocycles. The fourth-order valence-electron chi connectivity index (χ4n) is 1.36. The van der Waals surface area contributed by atoms with Crippen LogP contribution < -0.4 is 0 Å². The lowest BCUT2D eigenvalue weighted by molar-refractivity contribution is 0.599. The molecule has 0 saturated heterocycles. The van der Waals surface area contributed by atoms with E-state index in [1.807, 2.05) is 12.1 Å². The summed E-state index contributed by atoms with van der Waals surface area (Å²) >= 11 is 0. The van der Waals surface area contributed by atoms with Gasteiger partial charge in [0.2, 0.25) is 0 Å². The van der Waals surface area contributed by atoms with Gasteiger partial charge in [-0.2, -0.15) is 0 Å². The Balaban J connectivity index is 2.64. The normalized spacial score (nSPS) is 13.1. The van der Waals surface area contributed by atoms with E-state index < -0.39 is 17.9 Å². The number of rotatable bonds is 5. The highest BCUT2D eigenvalue weighted by atomic mass is 32.2. The maximum Gasteiger partial charge on any atom is 0.181 e. The highest BCUT2D eigenvalue weighted by Gasteiger charge is 2.12. The number of benzene rings is 1. The van der Waals surface area contributed by atoms with Crippen LogP contribution in [0.4, 0.5) is 0 Å². The Hall–Kier alpha value is -0.873. The zero-order valence-corrected chi connectivity index (χ0v) is 12.5. The van der Waals surface area contributed by atoms with Gasteiger partial charge in [0.15, 0.2) is 9.84 Å². The minimum atomic E-state index is -3.15. The third-order valence-electron chi connectivity index (χ3n) is 2.31. The molecule has 1 rings (SSSR count). The Kier molecular flexibility index (Phi) is 4.71. The van der Waals surface area contributed by atoms with Gasteiger partial charge in [-0.1, -0.05) is 50.0 Å². The third-order valence-corrected chi connectivity index (χ3v) is 5.40. The highest BCUT2D eigenvalue weighted by molar-refractivity contribution is 7.91. The van der Waals surface area contributed by atoms with Gasteiger partial charge >= 0.3 is 0 Å². The van der Waals surface area contributed by atoms with Crippen molar-refractivity contribution in [3.63, 3.8) is 0 Å². The summed E-state index contributed by atoms with van der Waals surface area (Å²) in [6, 6.07) is 9.62. The molecule has 17 heavy (non-hydrogen) atoms. The SMILES string of the molecule is C[Si](C)(C)C/C=C\CS(=O)(=O)c1ccccc1. The standard InChI is InChI=1S/C13H20O2SSi/c1-17(2,3)12-8-7-11-16(14,15)13-9-5-4-6-10-13/h4-10H,11-12H2,1-3H3/b8-7-. The van der Waals surface area contributed by atoms with E-state index in [0.29, 0.717) is 4.90 Å². The number of hydrogen-bond acceptors (Lipinski definition) is 2. The fraction of sp³-hybridized carbons (Fsp3) is 0.385. The number of allylic oxidation sites excluding steroid dienone is 1. The molecule has 0 spiro atoms. The van der Waals surface area contributed by atoms with E-state index in [2.05, 4.69) is 19.6 Å². The monoisotopic (exact) mass is 268 g/mol. The predicted octanol–water partition coefficient (Wildman–Crippen LogP) is 3.35. The smallest absolute Gasteiger partial charge is 0.181 e. The minimum Gasteiger partial charge on any atom is -0.223 e. The first-order valence-electron chi connectivity index (χ1n) is 5.74. The van der Waals surface area contributed by atoms with E-state index in [1.54, 1.807) is 30.3 Å². The van der Waals surface area contributed by atoms with Gasteiger partial charge in [-0.05, 0) is 18.2 Å². The first kappa shape index (κ1) is 14.2. The Morgan fingerprint density at radius 1 is 1.06 bits per heavy atom.